The average Bonchev–Trinajstić information content (AvgIpc) is 3.37. The number of nitrogens with one attached hydrogen (secondary N) is 1. The monoisotopic (exact) mass is 480 g/mol. The summed E-state index contributed by atoms with van der Waals surface area (Å²) in [7, 11) is 1.47. The Labute approximate surface area is 205 Å². The van der Waals surface area contributed by atoms with Gasteiger partial charge in [-0.2, -0.15) is 0 Å². The van der Waals surface area contributed by atoms with Crippen molar-refractivity contribution in [3.63, 3.8) is 0 Å². The number of Topliss-reactive ketones (excluding diaryl/α,β-unsaturated/α-hetero) is 1. The predicted molar refractivity (Wildman–Crippen MR) is 136 cm³/mol. The van der Waals surface area contributed by atoms with E-state index in [1.54, 1.807) is 30.5 Å². The van der Waals surface area contributed by atoms with Gasteiger partial charge in [0, 0.05) is 39.7 Å². The Morgan fingerprint density at radius 2 is 1.78 bits per heavy atom. The molecule has 5 aromatic rings. The Morgan fingerprint density at radius 3 is 2.56 bits per heavy atom. The number of nitrogens with zero attached hydrogens (tertiary/aromatic N) is 2. The molecule has 1 aliphatic rings. The summed E-state index contributed by atoms with van der Waals surface area (Å²) in [6.45, 7) is 1.52. The van der Waals surface area contributed by atoms with Gasteiger partial charge in [0.1, 0.15) is 22.7 Å². The largest absolute Gasteiger partial charge is 0.497 e. The van der Waals surface area contributed by atoms with E-state index in [2.05, 4.69) is 9.97 Å². The molecule has 1 aliphatic heterocycles. The zero-order valence-electron chi connectivity index (χ0n) is 19.5. The molecule has 3 N–H and O–H groups in total. The molecule has 0 fully saturated rings. The first-order valence-electron chi connectivity index (χ1n) is 11.3. The lowest BCUT2D eigenvalue weighted by Gasteiger charge is -2.23. The minimum absolute atomic E-state index is 0.0213. The van der Waals surface area contributed by atoms with E-state index in [1.165, 1.54) is 37.1 Å². The Kier molecular flexibility index (Phi) is 4.63. The highest BCUT2D eigenvalue weighted by atomic mass is 19.1. The highest BCUT2D eigenvalue weighted by molar-refractivity contribution is 6.29. The highest BCUT2D eigenvalue weighted by Crippen LogP contribution is 2.51. The molecular weight excluding hydrogens is 459 g/mol. The van der Waals surface area contributed by atoms with Gasteiger partial charge in [-0.15, -0.1) is 0 Å². The third kappa shape index (κ3) is 2.87. The first-order valence-corrected chi connectivity index (χ1v) is 11.3. The molecule has 0 radical (unpaired) electrons. The topological polar surface area (TPSA) is 101 Å². The van der Waals surface area contributed by atoms with Gasteiger partial charge in [0.15, 0.2) is 0 Å². The summed E-state index contributed by atoms with van der Waals surface area (Å²) in [5.41, 5.74) is 7.26. The van der Waals surface area contributed by atoms with Gasteiger partial charge >= 0.3 is 0 Å². The van der Waals surface area contributed by atoms with Crippen LogP contribution in [0.15, 0.2) is 72.9 Å². The molecule has 0 aliphatic carbocycles. The number of fused-ring (bicyclic) bond motifs is 4. The summed E-state index contributed by atoms with van der Waals surface area (Å²) in [5, 5.41) is 1.75. The predicted octanol–water partition coefficient (Wildman–Crippen LogP) is 5.26. The summed E-state index contributed by atoms with van der Waals surface area (Å²) in [6, 6.07) is 18.4. The molecule has 0 spiro atoms. The van der Waals surface area contributed by atoms with Crippen LogP contribution >= 0.6 is 0 Å². The fraction of sp³-hybridized carbons (Fsp3) is 0.107. The summed E-state index contributed by atoms with van der Waals surface area (Å²) < 4.78 is 20.2. The van der Waals surface area contributed by atoms with Crippen molar-refractivity contribution in [2.75, 3.05) is 17.7 Å². The number of pyridine rings is 1. The SMILES string of the molecule is COc1cc(N)c2c(c1)N(c1ccccc1F)C(=O)C2(C)C(=O)c1cc2c(cn1)[nH]c1ccccc12. The number of nitrogen functional groups attached to an aromatic ring is 1. The van der Waals surface area contributed by atoms with Crippen molar-refractivity contribution in [2.24, 2.45) is 0 Å². The second kappa shape index (κ2) is 7.64. The summed E-state index contributed by atoms with van der Waals surface area (Å²) >= 11 is 0. The fourth-order valence-corrected chi connectivity index (χ4v) is 5.11. The Hall–Kier alpha value is -4.72. The minimum Gasteiger partial charge on any atom is -0.497 e. The van der Waals surface area contributed by atoms with Crippen LogP contribution in [-0.4, -0.2) is 28.8 Å². The third-order valence-corrected chi connectivity index (χ3v) is 6.90. The number of methoxy groups -OCH3 is 1. The molecule has 8 heteroatoms. The van der Waals surface area contributed by atoms with E-state index >= 15 is 0 Å². The number of hydrogen-bond donors (Lipinski definition) is 2. The van der Waals surface area contributed by atoms with Gasteiger partial charge in [-0.25, -0.2) is 4.39 Å². The molecule has 0 saturated carbocycles. The maximum absolute atomic E-state index is 14.9. The number of nitrogens with two attached hydrogens (primary N) is 1. The van der Waals surface area contributed by atoms with Crippen molar-refractivity contribution >= 4 is 50.6 Å². The van der Waals surface area contributed by atoms with Crippen LogP contribution in [-0.2, 0) is 10.2 Å². The number of hydrogen-bond acceptors (Lipinski definition) is 5. The smallest absolute Gasteiger partial charge is 0.250 e. The number of ether oxygens (including phenoxy) is 1. The van der Waals surface area contributed by atoms with Gasteiger partial charge < -0.3 is 15.5 Å². The molecule has 1 unspecified atom stereocenters. The van der Waals surface area contributed by atoms with Gasteiger partial charge in [-0.3, -0.25) is 19.5 Å². The number of para-hydroxylation sites is 2. The molecule has 1 amide bonds. The van der Waals surface area contributed by atoms with Crippen molar-refractivity contribution in [2.45, 2.75) is 12.3 Å². The number of carbonyl (C=O) groups excluding carboxylic acids is 2. The first kappa shape index (κ1) is 21.8. The number of aromatic amines is 1. The quantitative estimate of drug-likeness (QED) is 0.207. The molecule has 36 heavy (non-hydrogen) atoms. The standard InChI is InChI=1S/C28H21FN4O3/c1-28(26(34)21-13-17-16-7-3-5-9-20(16)32-22(17)14-31-21)25-19(30)11-15(36-2)12-24(25)33(27(28)35)23-10-6-4-8-18(23)29/h3-14,32H,30H2,1-2H3. The van der Waals surface area contributed by atoms with E-state index in [0.717, 1.165) is 21.8 Å². The van der Waals surface area contributed by atoms with Gasteiger partial charge in [0.25, 0.3) is 0 Å². The average molecular weight is 480 g/mol. The number of halogens is 1. The maximum Gasteiger partial charge on any atom is 0.250 e. The van der Waals surface area contributed by atoms with Crippen LogP contribution in [0, 0.1) is 5.82 Å². The number of carbonyl (C=O) groups is 2. The zero-order valence-corrected chi connectivity index (χ0v) is 19.5. The highest BCUT2D eigenvalue weighted by Gasteiger charge is 2.55. The number of anilines is 3. The number of ketones is 1. The van der Waals surface area contributed by atoms with Crippen LogP contribution in [0.1, 0.15) is 23.0 Å². The van der Waals surface area contributed by atoms with Crippen molar-refractivity contribution in [3.8, 4) is 5.75 Å². The molecule has 2 aromatic heterocycles. The normalized spacial score (nSPS) is 17.1. The maximum atomic E-state index is 14.9. The molecule has 3 aromatic carbocycles. The van der Waals surface area contributed by atoms with Crippen LogP contribution in [0.3, 0.4) is 0 Å². The number of rotatable bonds is 4. The van der Waals surface area contributed by atoms with Crippen molar-refractivity contribution in [1.82, 2.24) is 9.97 Å². The minimum atomic E-state index is -1.74. The van der Waals surface area contributed by atoms with Crippen LogP contribution < -0.4 is 15.4 Å². The van der Waals surface area contributed by atoms with Crippen molar-refractivity contribution in [3.05, 3.63) is 90.0 Å². The summed E-state index contributed by atoms with van der Waals surface area (Å²) in [5.74, 6) is -1.37. The van der Waals surface area contributed by atoms with E-state index in [0.29, 0.717) is 17.0 Å². The molecule has 178 valence electrons. The molecule has 7 nitrogen and oxygen atoms in total. The Balaban J connectivity index is 1.57. The third-order valence-electron chi connectivity index (χ3n) is 6.90. The van der Waals surface area contributed by atoms with Gasteiger partial charge in [-0.05, 0) is 31.2 Å². The molecule has 1 atom stereocenters. The summed E-state index contributed by atoms with van der Waals surface area (Å²) in [4.78, 5) is 37.0. The van der Waals surface area contributed by atoms with E-state index in [-0.39, 0.29) is 17.1 Å². The lowest BCUT2D eigenvalue weighted by atomic mass is 9.77. The van der Waals surface area contributed by atoms with E-state index in [1.807, 2.05) is 24.3 Å². The lowest BCUT2D eigenvalue weighted by molar-refractivity contribution is -0.120. The molecule has 0 bridgehead atoms. The molecular formula is C28H21FN4O3. The second-order valence-corrected chi connectivity index (χ2v) is 8.94. The number of aromatic nitrogens is 2. The van der Waals surface area contributed by atoms with Gasteiger partial charge in [0.05, 0.1) is 30.2 Å². The van der Waals surface area contributed by atoms with Crippen LogP contribution in [0.2, 0.25) is 0 Å². The summed E-state index contributed by atoms with van der Waals surface area (Å²) in [6.07, 6.45) is 1.58. The zero-order chi connectivity index (χ0) is 25.2. The van der Waals surface area contributed by atoms with Gasteiger partial charge in [-0.1, -0.05) is 30.3 Å². The van der Waals surface area contributed by atoms with Crippen molar-refractivity contribution in [1.29, 1.82) is 0 Å². The van der Waals surface area contributed by atoms with Crippen LogP contribution in [0.4, 0.5) is 21.5 Å². The fourth-order valence-electron chi connectivity index (χ4n) is 5.11. The molecule has 6 rings (SSSR count). The number of H-pyrrole nitrogens is 1. The number of amides is 1. The number of benzene rings is 3. The van der Waals surface area contributed by atoms with Crippen molar-refractivity contribution < 1.29 is 18.7 Å². The Morgan fingerprint density at radius 1 is 1.03 bits per heavy atom. The van der Waals surface area contributed by atoms with Gasteiger partial charge in [0.2, 0.25) is 11.7 Å². The van der Waals surface area contributed by atoms with E-state index < -0.39 is 22.9 Å². The van der Waals surface area contributed by atoms with Crippen LogP contribution in [0.25, 0.3) is 21.8 Å². The van der Waals surface area contributed by atoms with E-state index in [4.69, 9.17) is 10.5 Å². The van der Waals surface area contributed by atoms with E-state index in [9.17, 15) is 14.0 Å². The molecule has 3 heterocycles. The first-order chi connectivity index (χ1) is 17.3. The lowest BCUT2D eigenvalue weighted by Crippen LogP contribution is -2.43. The molecule has 0 saturated heterocycles. The van der Waals surface area contributed by atoms with Crippen LogP contribution in [0.5, 0.6) is 5.75 Å². The Bertz CT molecular complexity index is 1730. The second-order valence-electron chi connectivity index (χ2n) is 8.94.